The molecule has 0 aliphatic carbocycles. The lowest BCUT2D eigenvalue weighted by Crippen LogP contribution is -2.55. The van der Waals surface area contributed by atoms with Crippen LogP contribution >= 0.6 is 0 Å². The number of hydrogen-bond donors (Lipinski definition) is 2. The molecule has 2 heterocycles. The number of nitrogens with zero attached hydrogens (tertiary/aromatic N) is 2. The number of benzene rings is 1. The van der Waals surface area contributed by atoms with Gasteiger partial charge in [-0.3, -0.25) is 14.4 Å². The van der Waals surface area contributed by atoms with E-state index in [0.29, 0.717) is 6.54 Å². The third-order valence-corrected chi connectivity index (χ3v) is 5.35. The molecule has 3 N–H and O–H groups in total. The van der Waals surface area contributed by atoms with Crippen LogP contribution in [-0.4, -0.2) is 34.2 Å². The van der Waals surface area contributed by atoms with Crippen molar-refractivity contribution in [2.24, 2.45) is 11.7 Å². The number of amides is 3. The van der Waals surface area contributed by atoms with Gasteiger partial charge in [0, 0.05) is 12.7 Å². The lowest BCUT2D eigenvalue weighted by molar-refractivity contribution is -0.150. The summed E-state index contributed by atoms with van der Waals surface area (Å²) in [6.07, 6.45) is 3.14. The normalized spacial score (nSPS) is 21.8. The molecule has 1 saturated heterocycles. The molecule has 1 aromatic heterocycles. The van der Waals surface area contributed by atoms with E-state index in [4.69, 9.17) is 5.73 Å². The van der Waals surface area contributed by atoms with Gasteiger partial charge >= 0.3 is 11.8 Å². The molecule has 3 rings (SSSR count). The summed E-state index contributed by atoms with van der Waals surface area (Å²) in [5.74, 6) is -1.95. The fourth-order valence-electron chi connectivity index (χ4n) is 3.66. The molecule has 1 aliphatic rings. The minimum absolute atomic E-state index is 0.0141. The van der Waals surface area contributed by atoms with E-state index in [9.17, 15) is 14.4 Å². The molecule has 0 saturated carbocycles. The van der Waals surface area contributed by atoms with E-state index in [2.05, 4.69) is 17.2 Å². The Labute approximate surface area is 163 Å². The number of nitrogens with one attached hydrogen (secondary N) is 1. The molecule has 0 bridgehead atoms. The van der Waals surface area contributed by atoms with Crippen molar-refractivity contribution in [3.05, 3.63) is 59.8 Å². The molecule has 1 aliphatic heterocycles. The van der Waals surface area contributed by atoms with Crippen LogP contribution in [0.4, 0.5) is 5.82 Å². The Morgan fingerprint density at radius 1 is 1.18 bits per heavy atom. The smallest absolute Gasteiger partial charge is 0.315 e. The predicted octanol–water partition coefficient (Wildman–Crippen LogP) is 2.29. The lowest BCUT2D eigenvalue weighted by atomic mass is 9.79. The summed E-state index contributed by atoms with van der Waals surface area (Å²) in [7, 11) is 0. The molecular weight excluding hydrogens is 356 g/mol. The third kappa shape index (κ3) is 3.74. The van der Waals surface area contributed by atoms with Crippen LogP contribution in [0, 0.1) is 5.92 Å². The number of carbonyl (C=O) groups is 3. The number of likely N-dealkylation sites (tertiary alicyclic amines) is 1. The molecular formula is C21H24N4O3. The van der Waals surface area contributed by atoms with Gasteiger partial charge in [0.15, 0.2) is 0 Å². The highest BCUT2D eigenvalue weighted by molar-refractivity contribution is 6.39. The van der Waals surface area contributed by atoms with Gasteiger partial charge in [0.05, 0.1) is 11.1 Å². The van der Waals surface area contributed by atoms with Crippen molar-refractivity contribution in [3.8, 4) is 0 Å². The number of anilines is 1. The maximum absolute atomic E-state index is 13.1. The average Bonchev–Trinajstić information content (AvgIpc) is 2.70. The van der Waals surface area contributed by atoms with E-state index < -0.39 is 23.3 Å². The van der Waals surface area contributed by atoms with Gasteiger partial charge in [-0.1, -0.05) is 37.3 Å². The number of hydrogen-bond acceptors (Lipinski definition) is 4. The molecule has 3 amide bonds. The van der Waals surface area contributed by atoms with Gasteiger partial charge in [0.2, 0.25) is 0 Å². The minimum atomic E-state index is -0.836. The Hall–Kier alpha value is -3.22. The lowest BCUT2D eigenvalue weighted by Gasteiger charge is -2.47. The third-order valence-electron chi connectivity index (χ3n) is 5.35. The van der Waals surface area contributed by atoms with E-state index in [0.717, 1.165) is 18.4 Å². The molecule has 7 heteroatoms. The highest BCUT2D eigenvalue weighted by Crippen LogP contribution is 2.39. The van der Waals surface area contributed by atoms with Gasteiger partial charge < -0.3 is 16.0 Å². The number of rotatable bonds is 3. The first kappa shape index (κ1) is 19.5. The van der Waals surface area contributed by atoms with Crippen LogP contribution in [0.15, 0.2) is 48.7 Å². The number of primary amides is 1. The van der Waals surface area contributed by atoms with Crippen molar-refractivity contribution >= 4 is 23.5 Å². The molecule has 1 fully saturated rings. The first-order chi connectivity index (χ1) is 13.3. The minimum Gasteiger partial charge on any atom is -0.365 e. The standard InChI is InChI=1S/C21H24N4O3/c1-14-10-11-21(2,15-7-4-3-5-8-15)25(13-14)20(28)19(27)24-18-16(17(22)26)9-6-12-23-18/h3-9,12,14H,10-11,13H2,1-2H3,(H2,22,26)(H,23,24,27). The van der Waals surface area contributed by atoms with Gasteiger partial charge in [0.1, 0.15) is 5.82 Å². The van der Waals surface area contributed by atoms with Crippen molar-refractivity contribution < 1.29 is 14.4 Å². The quantitative estimate of drug-likeness (QED) is 0.797. The van der Waals surface area contributed by atoms with E-state index in [1.54, 1.807) is 4.90 Å². The SMILES string of the molecule is CC1CCC(C)(c2ccccc2)N(C(=O)C(=O)Nc2ncccc2C(N)=O)C1. The summed E-state index contributed by atoms with van der Waals surface area (Å²) in [6, 6.07) is 12.7. The first-order valence-corrected chi connectivity index (χ1v) is 9.26. The highest BCUT2D eigenvalue weighted by atomic mass is 16.2. The van der Waals surface area contributed by atoms with Crippen molar-refractivity contribution in [2.45, 2.75) is 32.2 Å². The van der Waals surface area contributed by atoms with Crippen molar-refractivity contribution in [1.29, 1.82) is 0 Å². The Morgan fingerprint density at radius 3 is 2.57 bits per heavy atom. The van der Waals surface area contributed by atoms with Crippen LogP contribution in [-0.2, 0) is 15.1 Å². The largest absolute Gasteiger partial charge is 0.365 e. The van der Waals surface area contributed by atoms with Crippen LogP contribution in [0.25, 0.3) is 0 Å². The fraction of sp³-hybridized carbons (Fsp3) is 0.333. The average molecular weight is 380 g/mol. The second-order valence-electron chi connectivity index (χ2n) is 7.42. The van der Waals surface area contributed by atoms with Gasteiger partial charge in [0.25, 0.3) is 5.91 Å². The van der Waals surface area contributed by atoms with Crippen LogP contribution < -0.4 is 11.1 Å². The molecule has 0 spiro atoms. The number of pyridine rings is 1. The Bertz CT molecular complexity index is 900. The molecule has 1 aromatic carbocycles. The number of carbonyl (C=O) groups excluding carboxylic acids is 3. The van der Waals surface area contributed by atoms with Gasteiger partial charge in [-0.2, -0.15) is 0 Å². The zero-order valence-electron chi connectivity index (χ0n) is 16.0. The Kier molecular flexibility index (Phi) is 5.44. The van der Waals surface area contributed by atoms with E-state index in [-0.39, 0.29) is 17.3 Å². The van der Waals surface area contributed by atoms with Gasteiger partial charge in [-0.15, -0.1) is 0 Å². The molecule has 146 valence electrons. The van der Waals surface area contributed by atoms with Crippen molar-refractivity contribution in [3.63, 3.8) is 0 Å². The summed E-state index contributed by atoms with van der Waals surface area (Å²) in [5, 5.41) is 2.45. The van der Waals surface area contributed by atoms with Crippen molar-refractivity contribution in [1.82, 2.24) is 9.88 Å². The molecule has 0 radical (unpaired) electrons. The van der Waals surface area contributed by atoms with E-state index in [1.165, 1.54) is 18.3 Å². The molecule has 2 atom stereocenters. The summed E-state index contributed by atoms with van der Waals surface area (Å²) < 4.78 is 0. The maximum atomic E-state index is 13.1. The molecule has 7 nitrogen and oxygen atoms in total. The topological polar surface area (TPSA) is 105 Å². The zero-order valence-corrected chi connectivity index (χ0v) is 16.0. The van der Waals surface area contributed by atoms with Crippen LogP contribution in [0.2, 0.25) is 0 Å². The summed E-state index contributed by atoms with van der Waals surface area (Å²) in [4.78, 5) is 42.9. The second kappa shape index (κ2) is 7.80. The van der Waals surface area contributed by atoms with Crippen LogP contribution in [0.1, 0.15) is 42.6 Å². The summed E-state index contributed by atoms with van der Waals surface area (Å²) in [6.45, 7) is 4.52. The van der Waals surface area contributed by atoms with Crippen LogP contribution in [0.5, 0.6) is 0 Å². The first-order valence-electron chi connectivity index (χ1n) is 9.26. The Balaban J connectivity index is 1.88. The van der Waals surface area contributed by atoms with E-state index in [1.807, 2.05) is 37.3 Å². The molecule has 2 aromatic rings. The van der Waals surface area contributed by atoms with Crippen molar-refractivity contribution in [2.75, 3.05) is 11.9 Å². The zero-order chi connectivity index (χ0) is 20.3. The molecule has 2 unspecified atom stereocenters. The predicted molar refractivity (Wildman–Crippen MR) is 105 cm³/mol. The summed E-state index contributed by atoms with van der Waals surface area (Å²) >= 11 is 0. The summed E-state index contributed by atoms with van der Waals surface area (Å²) in [5.41, 5.74) is 5.78. The van der Waals surface area contributed by atoms with Gasteiger partial charge in [-0.05, 0) is 43.4 Å². The second-order valence-corrected chi connectivity index (χ2v) is 7.42. The number of piperidine rings is 1. The highest BCUT2D eigenvalue weighted by Gasteiger charge is 2.43. The Morgan fingerprint density at radius 2 is 1.89 bits per heavy atom. The maximum Gasteiger partial charge on any atom is 0.315 e. The fourth-order valence-corrected chi connectivity index (χ4v) is 3.66. The monoisotopic (exact) mass is 380 g/mol. The van der Waals surface area contributed by atoms with Gasteiger partial charge in [-0.25, -0.2) is 4.98 Å². The molecule has 28 heavy (non-hydrogen) atoms. The number of nitrogens with two attached hydrogens (primary N) is 1. The van der Waals surface area contributed by atoms with E-state index >= 15 is 0 Å². The van der Waals surface area contributed by atoms with Crippen LogP contribution in [0.3, 0.4) is 0 Å². The number of aromatic nitrogens is 1.